The maximum absolute atomic E-state index is 13.5. The molecule has 0 fully saturated rings. The lowest BCUT2D eigenvalue weighted by atomic mass is 10.0. The van der Waals surface area contributed by atoms with E-state index in [0.29, 0.717) is 5.56 Å². The minimum atomic E-state index is -3.01. The van der Waals surface area contributed by atoms with Crippen LogP contribution in [0, 0.1) is 18.7 Å². The van der Waals surface area contributed by atoms with Crippen molar-refractivity contribution in [2.45, 2.75) is 26.2 Å². The molecule has 1 aromatic rings. The van der Waals surface area contributed by atoms with E-state index in [1.165, 1.54) is 13.8 Å². The molecular formula is C11H11F3. The maximum Gasteiger partial charge on any atom is 0.279 e. The van der Waals surface area contributed by atoms with Gasteiger partial charge in [0, 0.05) is 5.92 Å². The van der Waals surface area contributed by atoms with Gasteiger partial charge in [0.15, 0.2) is 0 Å². The van der Waals surface area contributed by atoms with Crippen LogP contribution in [0.1, 0.15) is 23.6 Å². The predicted molar refractivity (Wildman–Crippen MR) is 47.9 cm³/mol. The largest absolute Gasteiger partial charge is 0.279 e. The fourth-order valence-electron chi connectivity index (χ4n) is 1.96. The number of halogens is 3. The average molecular weight is 200 g/mol. The minimum Gasteiger partial charge on any atom is -0.206 e. The highest BCUT2D eigenvalue weighted by atomic mass is 19.3. The molecule has 0 bridgehead atoms. The Morgan fingerprint density at radius 3 is 2.64 bits per heavy atom. The van der Waals surface area contributed by atoms with Gasteiger partial charge in [0.2, 0.25) is 0 Å². The van der Waals surface area contributed by atoms with Crippen LogP contribution in [0.3, 0.4) is 0 Å². The van der Waals surface area contributed by atoms with Crippen molar-refractivity contribution in [3.8, 4) is 0 Å². The van der Waals surface area contributed by atoms with Crippen LogP contribution < -0.4 is 0 Å². The van der Waals surface area contributed by atoms with E-state index in [-0.39, 0.29) is 17.5 Å². The van der Waals surface area contributed by atoms with Crippen molar-refractivity contribution in [3.63, 3.8) is 0 Å². The number of hydrogen-bond donors (Lipinski definition) is 0. The number of fused-ring (bicyclic) bond motifs is 1. The summed E-state index contributed by atoms with van der Waals surface area (Å²) in [6.07, 6.45) is 0.263. The number of aryl methyl sites for hydroxylation is 1. The fourth-order valence-corrected chi connectivity index (χ4v) is 1.96. The third kappa shape index (κ3) is 1.08. The van der Waals surface area contributed by atoms with Crippen LogP contribution in [-0.4, -0.2) is 0 Å². The van der Waals surface area contributed by atoms with E-state index in [1.807, 2.05) is 0 Å². The number of alkyl halides is 2. The second kappa shape index (κ2) is 2.75. The quantitative estimate of drug-likeness (QED) is 0.602. The van der Waals surface area contributed by atoms with Gasteiger partial charge in [-0.1, -0.05) is 19.1 Å². The average Bonchev–Trinajstić information content (AvgIpc) is 2.32. The van der Waals surface area contributed by atoms with Crippen molar-refractivity contribution in [2.24, 2.45) is 5.92 Å². The first-order chi connectivity index (χ1) is 6.44. The summed E-state index contributed by atoms with van der Waals surface area (Å²) in [6, 6.07) is 3.16. The van der Waals surface area contributed by atoms with Crippen LogP contribution in [0.15, 0.2) is 12.1 Å². The number of hydrogen-bond acceptors (Lipinski definition) is 0. The third-order valence-corrected chi connectivity index (χ3v) is 2.90. The number of rotatable bonds is 0. The Kier molecular flexibility index (Phi) is 1.88. The van der Waals surface area contributed by atoms with Gasteiger partial charge in [0.1, 0.15) is 5.82 Å². The summed E-state index contributed by atoms with van der Waals surface area (Å²) < 4.78 is 40.6. The van der Waals surface area contributed by atoms with Crippen LogP contribution in [0.5, 0.6) is 0 Å². The Balaban J connectivity index is 2.68. The molecule has 0 heterocycles. The van der Waals surface area contributed by atoms with E-state index >= 15 is 0 Å². The standard InChI is InChI=1S/C11H11F3/c1-6-3-4-8-5-7(2)11(13,14)9(8)10(6)12/h3-4,7H,5H2,1-2H3. The molecule has 0 amide bonds. The molecule has 0 N–H and O–H groups in total. The lowest BCUT2D eigenvalue weighted by Gasteiger charge is -2.16. The zero-order valence-electron chi connectivity index (χ0n) is 8.07. The highest BCUT2D eigenvalue weighted by molar-refractivity contribution is 5.41. The molecule has 0 radical (unpaired) electrons. The van der Waals surface area contributed by atoms with Gasteiger partial charge in [-0.3, -0.25) is 0 Å². The summed E-state index contributed by atoms with van der Waals surface area (Å²) in [5.41, 5.74) is 0.355. The predicted octanol–water partition coefficient (Wildman–Crippen LogP) is 3.42. The lowest BCUT2D eigenvalue weighted by molar-refractivity contribution is -0.0478. The molecule has 14 heavy (non-hydrogen) atoms. The molecule has 0 nitrogen and oxygen atoms in total. The van der Waals surface area contributed by atoms with Crippen LogP contribution in [-0.2, 0) is 12.3 Å². The monoisotopic (exact) mass is 200 g/mol. The first-order valence-electron chi connectivity index (χ1n) is 4.61. The molecule has 76 valence electrons. The zero-order valence-corrected chi connectivity index (χ0v) is 8.07. The van der Waals surface area contributed by atoms with Crippen LogP contribution >= 0.6 is 0 Å². The van der Waals surface area contributed by atoms with Crippen molar-refractivity contribution in [1.82, 2.24) is 0 Å². The van der Waals surface area contributed by atoms with Gasteiger partial charge in [0.05, 0.1) is 5.56 Å². The Morgan fingerprint density at radius 2 is 2.00 bits per heavy atom. The van der Waals surface area contributed by atoms with E-state index in [1.54, 1.807) is 12.1 Å². The van der Waals surface area contributed by atoms with Crippen molar-refractivity contribution in [2.75, 3.05) is 0 Å². The summed E-state index contributed by atoms with van der Waals surface area (Å²) >= 11 is 0. The molecule has 2 rings (SSSR count). The summed E-state index contributed by atoms with van der Waals surface area (Å²) in [5.74, 6) is -4.54. The second-order valence-corrected chi connectivity index (χ2v) is 3.96. The van der Waals surface area contributed by atoms with Crippen LogP contribution in [0.4, 0.5) is 13.2 Å². The Bertz CT molecular complexity index is 382. The van der Waals surface area contributed by atoms with Crippen LogP contribution in [0.2, 0.25) is 0 Å². The van der Waals surface area contributed by atoms with Crippen molar-refractivity contribution in [3.05, 3.63) is 34.6 Å². The molecule has 0 spiro atoms. The summed E-state index contributed by atoms with van der Waals surface area (Å²) in [4.78, 5) is 0. The van der Waals surface area contributed by atoms with Gasteiger partial charge in [0.25, 0.3) is 5.92 Å². The lowest BCUT2D eigenvalue weighted by Crippen LogP contribution is -2.19. The number of benzene rings is 1. The SMILES string of the molecule is Cc1ccc2c(c1F)C(F)(F)C(C)C2. The van der Waals surface area contributed by atoms with E-state index < -0.39 is 17.7 Å². The molecule has 1 unspecified atom stereocenters. The van der Waals surface area contributed by atoms with Crippen molar-refractivity contribution >= 4 is 0 Å². The summed E-state index contributed by atoms with van der Waals surface area (Å²) in [7, 11) is 0. The van der Waals surface area contributed by atoms with Gasteiger partial charge < -0.3 is 0 Å². The highest BCUT2D eigenvalue weighted by Gasteiger charge is 2.48. The highest BCUT2D eigenvalue weighted by Crippen LogP contribution is 2.47. The molecule has 1 atom stereocenters. The summed E-state index contributed by atoms with van der Waals surface area (Å²) in [5, 5.41) is 0. The molecular weight excluding hydrogens is 189 g/mol. The minimum absolute atomic E-state index is 0.263. The first kappa shape index (κ1) is 9.56. The normalized spacial score (nSPS) is 23.6. The molecule has 0 aromatic heterocycles. The molecule has 1 aromatic carbocycles. The Labute approximate surface area is 80.7 Å². The molecule has 1 aliphatic carbocycles. The van der Waals surface area contributed by atoms with Gasteiger partial charge in [-0.2, -0.15) is 0 Å². The summed E-state index contributed by atoms with van der Waals surface area (Å²) in [6.45, 7) is 2.96. The van der Waals surface area contributed by atoms with E-state index in [4.69, 9.17) is 0 Å². The third-order valence-electron chi connectivity index (χ3n) is 2.90. The Hall–Kier alpha value is -0.990. The van der Waals surface area contributed by atoms with Crippen molar-refractivity contribution < 1.29 is 13.2 Å². The molecule has 3 heteroatoms. The first-order valence-corrected chi connectivity index (χ1v) is 4.61. The molecule has 0 saturated heterocycles. The van der Waals surface area contributed by atoms with Gasteiger partial charge in [-0.05, 0) is 24.5 Å². The fraction of sp³-hybridized carbons (Fsp3) is 0.455. The molecule has 1 aliphatic rings. The molecule has 0 aliphatic heterocycles. The molecule has 0 saturated carbocycles. The van der Waals surface area contributed by atoms with E-state index in [9.17, 15) is 13.2 Å². The van der Waals surface area contributed by atoms with E-state index in [2.05, 4.69) is 0 Å². The van der Waals surface area contributed by atoms with E-state index in [0.717, 1.165) is 0 Å². The Morgan fingerprint density at radius 1 is 1.36 bits per heavy atom. The zero-order chi connectivity index (χ0) is 10.5. The smallest absolute Gasteiger partial charge is 0.206 e. The van der Waals surface area contributed by atoms with Gasteiger partial charge in [-0.25, -0.2) is 13.2 Å². The van der Waals surface area contributed by atoms with Crippen molar-refractivity contribution in [1.29, 1.82) is 0 Å². The van der Waals surface area contributed by atoms with Gasteiger partial charge in [-0.15, -0.1) is 0 Å². The van der Waals surface area contributed by atoms with Gasteiger partial charge >= 0.3 is 0 Å². The topological polar surface area (TPSA) is 0 Å². The second-order valence-electron chi connectivity index (χ2n) is 3.96. The maximum atomic E-state index is 13.5. The van der Waals surface area contributed by atoms with Crippen LogP contribution in [0.25, 0.3) is 0 Å².